The lowest BCUT2D eigenvalue weighted by molar-refractivity contribution is -0.138. The van der Waals surface area contributed by atoms with Crippen LogP contribution in [0.5, 0.6) is 0 Å². The lowest BCUT2D eigenvalue weighted by Gasteiger charge is -2.29. The van der Waals surface area contributed by atoms with Crippen molar-refractivity contribution in [2.24, 2.45) is 11.3 Å². The van der Waals surface area contributed by atoms with Gasteiger partial charge in [0, 0.05) is 29.6 Å². The number of halogens is 4. The normalized spacial score (nSPS) is 15.5. The molecule has 3 nitrogen and oxygen atoms in total. The summed E-state index contributed by atoms with van der Waals surface area (Å²) in [6.45, 7) is 5.53. The van der Waals surface area contributed by atoms with Crippen molar-refractivity contribution in [2.45, 2.75) is 39.8 Å². The second kappa shape index (κ2) is 7.13. The average Bonchev–Trinajstić information content (AvgIpc) is 2.10. The molecule has 0 aromatic rings. The molecule has 0 aromatic carbocycles. The minimum atomic E-state index is -4.19. The first kappa shape index (κ1) is 19.0. The van der Waals surface area contributed by atoms with Crippen molar-refractivity contribution in [3.05, 3.63) is 0 Å². The summed E-state index contributed by atoms with van der Waals surface area (Å²) in [7, 11) is 1.54. The Morgan fingerprint density at radius 2 is 1.74 bits per heavy atom. The van der Waals surface area contributed by atoms with Crippen LogP contribution in [0.1, 0.15) is 33.6 Å². The molecule has 0 bridgehead atoms. The molecule has 0 aliphatic carbocycles. The molecule has 0 aliphatic heterocycles. The van der Waals surface area contributed by atoms with Crippen LogP contribution in [0.4, 0.5) is 13.2 Å². The SMILES string of the molecule is CC(C)(C)C(COCCCC(F)(F)F)CS(=O)(=O)Cl. The predicted molar refractivity (Wildman–Crippen MR) is 68.7 cm³/mol. The van der Waals surface area contributed by atoms with Crippen molar-refractivity contribution in [3.8, 4) is 0 Å². The summed E-state index contributed by atoms with van der Waals surface area (Å²) < 4.78 is 63.0. The molecule has 0 spiro atoms. The van der Waals surface area contributed by atoms with Crippen molar-refractivity contribution < 1.29 is 26.3 Å². The summed E-state index contributed by atoms with van der Waals surface area (Å²) in [5.41, 5.74) is -0.355. The van der Waals surface area contributed by atoms with E-state index in [0.29, 0.717) is 0 Å². The van der Waals surface area contributed by atoms with E-state index < -0.39 is 21.6 Å². The predicted octanol–water partition coefficient (Wildman–Crippen LogP) is 3.58. The highest BCUT2D eigenvalue weighted by Gasteiger charge is 2.29. The zero-order valence-electron chi connectivity index (χ0n) is 11.3. The van der Waals surface area contributed by atoms with E-state index in [9.17, 15) is 21.6 Å². The molecule has 1 atom stereocenters. The van der Waals surface area contributed by atoms with Gasteiger partial charge in [0.1, 0.15) is 0 Å². The van der Waals surface area contributed by atoms with Gasteiger partial charge in [-0.05, 0) is 11.8 Å². The van der Waals surface area contributed by atoms with E-state index in [1.165, 1.54) is 0 Å². The largest absolute Gasteiger partial charge is 0.389 e. The zero-order valence-corrected chi connectivity index (χ0v) is 12.8. The molecule has 0 rings (SSSR count). The van der Waals surface area contributed by atoms with Crippen LogP contribution in [0.25, 0.3) is 0 Å². The van der Waals surface area contributed by atoms with Gasteiger partial charge in [-0.15, -0.1) is 0 Å². The van der Waals surface area contributed by atoms with Crippen LogP contribution in [0.15, 0.2) is 0 Å². The number of hydrogen-bond acceptors (Lipinski definition) is 3. The summed E-state index contributed by atoms with van der Waals surface area (Å²) in [6, 6.07) is 0. The molecule has 0 fully saturated rings. The van der Waals surface area contributed by atoms with Gasteiger partial charge >= 0.3 is 6.18 Å². The van der Waals surface area contributed by atoms with E-state index in [1.54, 1.807) is 0 Å². The Kier molecular flexibility index (Phi) is 7.12. The fraction of sp³-hybridized carbons (Fsp3) is 1.00. The van der Waals surface area contributed by atoms with E-state index >= 15 is 0 Å². The average molecular weight is 325 g/mol. The Bertz CT molecular complexity index is 360. The second-order valence-corrected chi connectivity index (χ2v) is 8.38. The quantitative estimate of drug-likeness (QED) is 0.531. The molecule has 0 heterocycles. The van der Waals surface area contributed by atoms with Gasteiger partial charge in [0.2, 0.25) is 9.05 Å². The summed E-state index contributed by atoms with van der Waals surface area (Å²) >= 11 is 0. The van der Waals surface area contributed by atoms with Crippen LogP contribution in [-0.4, -0.2) is 33.6 Å². The maximum absolute atomic E-state index is 11.9. The number of alkyl halides is 3. The molecule has 0 amide bonds. The van der Waals surface area contributed by atoms with E-state index in [1.807, 2.05) is 20.8 Å². The number of hydrogen-bond donors (Lipinski definition) is 0. The molecule has 0 aromatic heterocycles. The molecule has 0 radical (unpaired) electrons. The van der Waals surface area contributed by atoms with E-state index in [0.717, 1.165) is 0 Å². The maximum Gasteiger partial charge on any atom is 0.389 e. The molecule has 8 heteroatoms. The molecule has 0 aliphatic rings. The topological polar surface area (TPSA) is 43.4 Å². The monoisotopic (exact) mass is 324 g/mol. The first-order chi connectivity index (χ1) is 8.31. The molecule has 1 unspecified atom stereocenters. The highest BCUT2D eigenvalue weighted by molar-refractivity contribution is 8.13. The van der Waals surface area contributed by atoms with Crippen molar-refractivity contribution in [1.82, 2.24) is 0 Å². The Labute approximate surface area is 116 Å². The summed E-state index contributed by atoms with van der Waals surface area (Å²) in [5, 5.41) is 0. The van der Waals surface area contributed by atoms with Crippen molar-refractivity contribution in [1.29, 1.82) is 0 Å². The van der Waals surface area contributed by atoms with Crippen molar-refractivity contribution in [3.63, 3.8) is 0 Å². The fourth-order valence-electron chi connectivity index (χ4n) is 1.39. The Morgan fingerprint density at radius 3 is 2.11 bits per heavy atom. The van der Waals surface area contributed by atoms with Gasteiger partial charge in [-0.1, -0.05) is 20.8 Å². The molecular formula is C11H20ClF3O3S. The molecule has 0 saturated heterocycles. The van der Waals surface area contributed by atoms with E-state index in [-0.39, 0.29) is 36.7 Å². The summed E-state index contributed by atoms with van der Waals surface area (Å²) in [4.78, 5) is 0. The zero-order chi connectivity index (χ0) is 15.3. The highest BCUT2D eigenvalue weighted by Crippen LogP contribution is 2.28. The Morgan fingerprint density at radius 1 is 1.21 bits per heavy atom. The lowest BCUT2D eigenvalue weighted by atomic mass is 9.82. The Hall–Kier alpha value is -0.0100. The van der Waals surface area contributed by atoms with E-state index in [4.69, 9.17) is 15.4 Å². The van der Waals surface area contributed by atoms with Gasteiger partial charge < -0.3 is 4.74 Å². The summed E-state index contributed by atoms with van der Waals surface area (Å²) in [6.07, 6.45) is -5.22. The van der Waals surface area contributed by atoms with Crippen LogP contribution in [0.2, 0.25) is 0 Å². The van der Waals surface area contributed by atoms with Gasteiger partial charge in [0.25, 0.3) is 0 Å². The van der Waals surface area contributed by atoms with E-state index in [2.05, 4.69) is 0 Å². The standard InChI is InChI=1S/C11H20ClF3O3S/c1-10(2,3)9(8-19(12,16)17)7-18-6-4-5-11(13,14)15/h9H,4-8H2,1-3H3. The molecule has 0 saturated carbocycles. The molecule has 19 heavy (non-hydrogen) atoms. The van der Waals surface area contributed by atoms with Gasteiger partial charge in [-0.2, -0.15) is 13.2 Å². The van der Waals surface area contributed by atoms with Crippen molar-refractivity contribution in [2.75, 3.05) is 19.0 Å². The third-order valence-corrected chi connectivity index (χ3v) is 3.87. The van der Waals surface area contributed by atoms with Crippen molar-refractivity contribution >= 4 is 19.7 Å². The van der Waals surface area contributed by atoms with Crippen LogP contribution < -0.4 is 0 Å². The van der Waals surface area contributed by atoms with Gasteiger partial charge in [-0.25, -0.2) is 8.42 Å². The highest BCUT2D eigenvalue weighted by atomic mass is 35.7. The first-order valence-electron chi connectivity index (χ1n) is 5.88. The minimum Gasteiger partial charge on any atom is -0.381 e. The third-order valence-electron chi connectivity index (χ3n) is 2.69. The van der Waals surface area contributed by atoms with Crippen LogP contribution in [-0.2, 0) is 13.8 Å². The van der Waals surface area contributed by atoms with Gasteiger partial charge in [0.15, 0.2) is 0 Å². The van der Waals surface area contributed by atoms with Crippen LogP contribution >= 0.6 is 10.7 Å². The molecular weight excluding hydrogens is 305 g/mol. The molecule has 0 N–H and O–H groups in total. The Balaban J connectivity index is 4.16. The van der Waals surface area contributed by atoms with Gasteiger partial charge in [0.05, 0.1) is 12.4 Å². The second-order valence-electron chi connectivity index (χ2n) is 5.56. The van der Waals surface area contributed by atoms with Gasteiger partial charge in [-0.3, -0.25) is 0 Å². The third kappa shape index (κ3) is 11.5. The maximum atomic E-state index is 11.9. The smallest absolute Gasteiger partial charge is 0.381 e. The van der Waals surface area contributed by atoms with Crippen LogP contribution in [0.3, 0.4) is 0 Å². The number of ether oxygens (including phenoxy) is 1. The molecule has 116 valence electrons. The lowest BCUT2D eigenvalue weighted by Crippen LogP contribution is -2.31. The van der Waals surface area contributed by atoms with Crippen LogP contribution in [0, 0.1) is 11.3 Å². The summed E-state index contributed by atoms with van der Waals surface area (Å²) in [5.74, 6) is -0.613. The number of rotatable bonds is 7. The minimum absolute atomic E-state index is 0.0472. The first-order valence-corrected chi connectivity index (χ1v) is 8.36. The fourth-order valence-corrected chi connectivity index (χ4v) is 2.92.